The number of nitrogens with zero attached hydrogens (tertiary/aromatic N) is 6. The Labute approximate surface area is 246 Å². The Morgan fingerprint density at radius 2 is 2.00 bits per heavy atom. The number of amides is 3. The van der Waals surface area contributed by atoms with Gasteiger partial charge in [-0.15, -0.1) is 30.0 Å². The van der Waals surface area contributed by atoms with E-state index < -0.39 is 28.7 Å². The number of hydrogen-bond acceptors (Lipinski definition) is 7. The molecule has 5 rings (SSSR count). The van der Waals surface area contributed by atoms with Gasteiger partial charge in [0.15, 0.2) is 0 Å². The lowest BCUT2D eigenvalue weighted by Gasteiger charge is -2.39. The number of aromatic nitrogens is 3. The molecule has 7 atom stereocenters. The van der Waals surface area contributed by atoms with Crippen LogP contribution in [0.3, 0.4) is 0 Å². The molecule has 1 N–H and O–H groups in total. The summed E-state index contributed by atoms with van der Waals surface area (Å²) in [5.41, 5.74) is 1.50. The minimum absolute atomic E-state index is 0.0378. The fourth-order valence-corrected chi connectivity index (χ4v) is 10.3. The second-order valence-electron chi connectivity index (χ2n) is 10.7. The summed E-state index contributed by atoms with van der Waals surface area (Å²) in [4.78, 5) is 47.4. The van der Waals surface area contributed by atoms with Gasteiger partial charge < -0.3 is 19.8 Å². The maximum atomic E-state index is 14.6. The lowest BCUT2D eigenvalue weighted by Crippen LogP contribution is -2.58. The Morgan fingerprint density at radius 3 is 2.67 bits per heavy atom. The average molecular weight is 632 g/mol. The lowest BCUT2D eigenvalue weighted by molar-refractivity contribution is -0.147. The Kier molecular flexibility index (Phi) is 8.13. The SMILES string of the molecule is C=CCN(C)C(=O)[C@H]1[C@H]2C(=O)N([C@@H](CC)CO)C(C(=O)N(CC=C)Cn3nnc4ccccc43)C23CC(Br)[C@@H]1S3. The average Bonchev–Trinajstić information content (AvgIpc) is 3.66. The van der Waals surface area contributed by atoms with Crippen molar-refractivity contribution in [2.45, 2.75) is 53.3 Å². The number of fused-ring (bicyclic) bond motifs is 2. The number of aliphatic hydroxyl groups is 1. The predicted molar refractivity (Wildman–Crippen MR) is 157 cm³/mol. The normalized spacial score (nSPS) is 29.4. The Bertz CT molecular complexity index is 1330. The van der Waals surface area contributed by atoms with Gasteiger partial charge in [-0.25, -0.2) is 4.68 Å². The van der Waals surface area contributed by atoms with Crippen molar-refractivity contribution >= 4 is 56.4 Å². The van der Waals surface area contributed by atoms with Crippen molar-refractivity contribution < 1.29 is 19.5 Å². The topological polar surface area (TPSA) is 112 Å². The number of thioether (sulfide) groups is 1. The van der Waals surface area contributed by atoms with Crippen LogP contribution in [-0.2, 0) is 21.1 Å². The highest BCUT2D eigenvalue weighted by Crippen LogP contribution is 2.68. The van der Waals surface area contributed by atoms with Crippen LogP contribution in [0.1, 0.15) is 19.8 Å². The molecule has 214 valence electrons. The zero-order chi connectivity index (χ0) is 28.8. The molecule has 2 bridgehead atoms. The summed E-state index contributed by atoms with van der Waals surface area (Å²) in [6.45, 7) is 9.96. The summed E-state index contributed by atoms with van der Waals surface area (Å²) in [6, 6.07) is 6.12. The van der Waals surface area contributed by atoms with E-state index in [1.54, 1.807) is 50.3 Å². The first-order valence-corrected chi connectivity index (χ1v) is 15.3. The van der Waals surface area contributed by atoms with Crippen LogP contribution in [0.5, 0.6) is 0 Å². The van der Waals surface area contributed by atoms with E-state index in [0.717, 1.165) is 5.52 Å². The number of likely N-dealkylation sites (tertiary alicyclic amines) is 1. The standard InChI is InChI=1S/C28H35BrN6O4S/c1-5-12-32(4)25(37)21-22-26(38)35(17(7-3)15-36)24(28(22)14-18(29)23(21)40-28)27(39)33(13-6-2)16-34-20-11-9-8-10-19(20)30-31-34/h5-6,8-11,17-18,21-24,36H,1-2,7,12-16H2,3-4H3/t17-,18?,21-,22-,23-,24?,28?/m0/s1. The fourth-order valence-electron chi connectivity index (χ4n) is 6.70. The number of hydrogen-bond donors (Lipinski definition) is 1. The van der Waals surface area contributed by atoms with Crippen LogP contribution in [0.25, 0.3) is 11.0 Å². The molecule has 3 aliphatic rings. The summed E-state index contributed by atoms with van der Waals surface area (Å²) in [5.74, 6) is -1.84. The number of likely N-dealkylation sites (N-methyl/N-ethyl adjacent to an activating group) is 1. The summed E-state index contributed by atoms with van der Waals surface area (Å²) in [5, 5.41) is 18.7. The van der Waals surface area contributed by atoms with Crippen molar-refractivity contribution in [3.8, 4) is 0 Å². The van der Waals surface area contributed by atoms with Gasteiger partial charge >= 0.3 is 0 Å². The van der Waals surface area contributed by atoms with Crippen LogP contribution >= 0.6 is 27.7 Å². The number of para-hydroxylation sites is 1. The van der Waals surface area contributed by atoms with E-state index in [1.165, 1.54) is 0 Å². The third-order valence-corrected chi connectivity index (χ3v) is 11.7. The molecule has 10 nitrogen and oxygen atoms in total. The van der Waals surface area contributed by atoms with Crippen molar-refractivity contribution in [3.05, 3.63) is 49.6 Å². The zero-order valence-corrected chi connectivity index (χ0v) is 25.1. The molecule has 1 spiro atoms. The molecule has 0 saturated carbocycles. The van der Waals surface area contributed by atoms with Gasteiger partial charge in [-0.3, -0.25) is 14.4 Å². The van der Waals surface area contributed by atoms with Crippen LogP contribution in [0, 0.1) is 11.8 Å². The molecule has 12 heteroatoms. The number of alkyl halides is 1. The number of rotatable bonds is 11. The molecule has 2 aromatic rings. The van der Waals surface area contributed by atoms with E-state index in [2.05, 4.69) is 39.4 Å². The van der Waals surface area contributed by atoms with Gasteiger partial charge in [0, 0.05) is 30.2 Å². The highest BCUT2D eigenvalue weighted by atomic mass is 79.9. The molecule has 0 radical (unpaired) electrons. The van der Waals surface area contributed by atoms with Gasteiger partial charge in [0.2, 0.25) is 17.7 Å². The number of benzene rings is 1. The highest BCUT2D eigenvalue weighted by molar-refractivity contribution is 9.09. The van der Waals surface area contributed by atoms with Gasteiger partial charge in [-0.05, 0) is 25.0 Å². The van der Waals surface area contributed by atoms with Gasteiger partial charge in [0.25, 0.3) is 0 Å². The monoisotopic (exact) mass is 630 g/mol. The fraction of sp³-hybridized carbons (Fsp3) is 0.536. The summed E-state index contributed by atoms with van der Waals surface area (Å²) in [6.07, 6.45) is 4.36. The summed E-state index contributed by atoms with van der Waals surface area (Å²) >= 11 is 5.39. The quantitative estimate of drug-likeness (QED) is 0.299. The Morgan fingerprint density at radius 1 is 1.27 bits per heavy atom. The third kappa shape index (κ3) is 4.39. The first kappa shape index (κ1) is 28.8. The van der Waals surface area contributed by atoms with E-state index in [0.29, 0.717) is 24.9 Å². The summed E-state index contributed by atoms with van der Waals surface area (Å²) in [7, 11) is 1.72. The molecule has 1 aromatic carbocycles. The Hall–Kier alpha value is -2.70. The van der Waals surface area contributed by atoms with Crippen molar-refractivity contribution in [2.24, 2.45) is 11.8 Å². The molecule has 40 heavy (non-hydrogen) atoms. The second-order valence-corrected chi connectivity index (χ2v) is 13.4. The van der Waals surface area contributed by atoms with Crippen LogP contribution < -0.4 is 0 Å². The molecular formula is C28H35BrN6O4S. The molecule has 1 aromatic heterocycles. The van der Waals surface area contributed by atoms with E-state index in [9.17, 15) is 19.5 Å². The first-order valence-electron chi connectivity index (χ1n) is 13.5. The molecule has 3 amide bonds. The number of aliphatic hydroxyl groups excluding tert-OH is 1. The van der Waals surface area contributed by atoms with Crippen LogP contribution in [-0.4, -0.2) is 106 Å². The van der Waals surface area contributed by atoms with E-state index >= 15 is 0 Å². The minimum atomic E-state index is -0.852. The number of carbonyl (C=O) groups is 3. The second kappa shape index (κ2) is 11.3. The maximum Gasteiger partial charge on any atom is 0.248 e. The van der Waals surface area contributed by atoms with Crippen molar-refractivity contribution in [1.82, 2.24) is 29.7 Å². The third-order valence-electron chi connectivity index (χ3n) is 8.49. The number of carbonyl (C=O) groups excluding carboxylic acids is 3. The smallest absolute Gasteiger partial charge is 0.248 e. The first-order chi connectivity index (χ1) is 19.2. The van der Waals surface area contributed by atoms with Crippen LogP contribution in [0.4, 0.5) is 0 Å². The van der Waals surface area contributed by atoms with Crippen molar-refractivity contribution in [2.75, 3.05) is 26.7 Å². The highest BCUT2D eigenvalue weighted by Gasteiger charge is 2.76. The zero-order valence-electron chi connectivity index (χ0n) is 22.7. The molecule has 4 heterocycles. The predicted octanol–water partition coefficient (Wildman–Crippen LogP) is 2.28. The van der Waals surface area contributed by atoms with Gasteiger partial charge in [0.1, 0.15) is 18.2 Å². The number of halogens is 1. The van der Waals surface area contributed by atoms with Gasteiger partial charge in [-0.2, -0.15) is 0 Å². The molecule has 3 fully saturated rings. The molecule has 3 unspecified atom stereocenters. The maximum absolute atomic E-state index is 14.6. The van der Waals surface area contributed by atoms with Crippen LogP contribution in [0.15, 0.2) is 49.6 Å². The van der Waals surface area contributed by atoms with Crippen LogP contribution in [0.2, 0.25) is 0 Å². The van der Waals surface area contributed by atoms with Crippen molar-refractivity contribution in [1.29, 1.82) is 0 Å². The molecule has 3 aliphatic heterocycles. The molecule has 3 saturated heterocycles. The molecular weight excluding hydrogens is 596 g/mol. The van der Waals surface area contributed by atoms with Gasteiger partial charge in [-0.1, -0.05) is 52.4 Å². The van der Waals surface area contributed by atoms with E-state index in [4.69, 9.17) is 0 Å². The van der Waals surface area contributed by atoms with Gasteiger partial charge in [0.05, 0.1) is 34.7 Å². The lowest BCUT2D eigenvalue weighted by atomic mass is 9.70. The van der Waals surface area contributed by atoms with E-state index in [1.807, 2.05) is 31.2 Å². The minimum Gasteiger partial charge on any atom is -0.394 e. The van der Waals surface area contributed by atoms with Crippen molar-refractivity contribution in [3.63, 3.8) is 0 Å². The Balaban J connectivity index is 1.57. The van der Waals surface area contributed by atoms with E-state index in [-0.39, 0.29) is 47.6 Å². The largest absolute Gasteiger partial charge is 0.394 e. The summed E-state index contributed by atoms with van der Waals surface area (Å²) < 4.78 is 0.855. The molecule has 0 aliphatic carbocycles.